The van der Waals surface area contributed by atoms with Crippen LogP contribution in [0, 0.1) is 11.8 Å². The second-order valence-corrected chi connectivity index (χ2v) is 6.51. The third-order valence-corrected chi connectivity index (χ3v) is 4.44. The molecule has 0 spiro atoms. The van der Waals surface area contributed by atoms with Crippen LogP contribution in [0.5, 0.6) is 0 Å². The van der Waals surface area contributed by atoms with E-state index in [2.05, 4.69) is 0 Å². The maximum Gasteiger partial charge on any atom is 0.312 e. The Labute approximate surface area is 127 Å². The molecule has 0 heterocycles. The van der Waals surface area contributed by atoms with E-state index in [9.17, 15) is 4.79 Å². The average molecular weight is 295 g/mol. The van der Waals surface area contributed by atoms with E-state index in [0.717, 1.165) is 18.4 Å². The van der Waals surface area contributed by atoms with Crippen molar-refractivity contribution >= 4 is 5.97 Å². The van der Waals surface area contributed by atoms with Crippen LogP contribution in [-0.4, -0.2) is 27.8 Å². The zero-order chi connectivity index (χ0) is 16.0. The lowest BCUT2D eigenvalue weighted by atomic mass is 9.72. The van der Waals surface area contributed by atoms with Crippen molar-refractivity contribution in [2.24, 2.45) is 17.6 Å². The van der Waals surface area contributed by atoms with E-state index >= 15 is 0 Å². The minimum absolute atomic E-state index is 0.0359. The van der Waals surface area contributed by atoms with Gasteiger partial charge in [-0.05, 0) is 25.7 Å². The summed E-state index contributed by atoms with van der Waals surface area (Å²) in [6.45, 7) is 5.76. The minimum atomic E-state index is -0.857. The molecule has 120 valence electrons. The Bertz CT molecular complexity index is 408. The summed E-state index contributed by atoms with van der Waals surface area (Å²) in [4.78, 5) is 11.1. The fourth-order valence-electron chi connectivity index (χ4n) is 2.76. The van der Waals surface area contributed by atoms with Gasteiger partial charge in [0.25, 0.3) is 0 Å². The highest BCUT2D eigenvalue weighted by molar-refractivity contribution is 5.75. The largest absolute Gasteiger partial charge is 0.481 e. The molecule has 0 aromatic carbocycles. The predicted molar refractivity (Wildman–Crippen MR) is 84.9 cm³/mol. The molecule has 2 atom stereocenters. The van der Waals surface area contributed by atoms with Crippen LogP contribution in [0.3, 0.4) is 0 Å². The van der Waals surface area contributed by atoms with E-state index in [1.54, 1.807) is 6.08 Å². The van der Waals surface area contributed by atoms with Crippen molar-refractivity contribution in [3.8, 4) is 0 Å². The van der Waals surface area contributed by atoms with Gasteiger partial charge in [0.2, 0.25) is 0 Å². The first-order valence-electron chi connectivity index (χ1n) is 7.84. The van der Waals surface area contributed by atoms with E-state index in [1.165, 1.54) is 19.3 Å². The number of carboxylic acid groups (broad SMARTS) is 1. The van der Waals surface area contributed by atoms with E-state index in [1.807, 2.05) is 32.9 Å². The Morgan fingerprint density at radius 3 is 2.29 bits per heavy atom. The van der Waals surface area contributed by atoms with Crippen molar-refractivity contribution in [1.29, 1.82) is 0 Å². The molecule has 4 heteroatoms. The maximum absolute atomic E-state index is 11.1. The van der Waals surface area contributed by atoms with Gasteiger partial charge in [0.1, 0.15) is 0 Å². The van der Waals surface area contributed by atoms with Crippen LogP contribution in [0.25, 0.3) is 0 Å². The van der Waals surface area contributed by atoms with Crippen LogP contribution < -0.4 is 5.73 Å². The Balaban J connectivity index is 0.000000262. The zero-order valence-electron chi connectivity index (χ0n) is 13.4. The minimum Gasteiger partial charge on any atom is -0.481 e. The van der Waals surface area contributed by atoms with Crippen molar-refractivity contribution in [3.05, 3.63) is 23.8 Å². The second kappa shape index (κ2) is 7.76. The molecular formula is C17H29NO3. The summed E-state index contributed by atoms with van der Waals surface area (Å²) < 4.78 is 0. The topological polar surface area (TPSA) is 83.5 Å². The highest BCUT2D eigenvalue weighted by atomic mass is 16.4. The smallest absolute Gasteiger partial charge is 0.312 e. The Morgan fingerprint density at radius 2 is 1.90 bits per heavy atom. The molecule has 0 amide bonds. The summed E-state index contributed by atoms with van der Waals surface area (Å²) in [6, 6.07) is 0. The number of hydrogen-bond acceptors (Lipinski definition) is 3. The van der Waals surface area contributed by atoms with Gasteiger partial charge in [-0.1, -0.05) is 56.9 Å². The Kier molecular flexibility index (Phi) is 6.62. The van der Waals surface area contributed by atoms with E-state index in [0.29, 0.717) is 0 Å². The van der Waals surface area contributed by atoms with Gasteiger partial charge in [0.15, 0.2) is 0 Å². The van der Waals surface area contributed by atoms with Crippen LogP contribution in [0.2, 0.25) is 0 Å². The Morgan fingerprint density at radius 1 is 1.33 bits per heavy atom. The highest BCUT2D eigenvalue weighted by Gasteiger charge is 2.40. The molecule has 0 aromatic rings. The van der Waals surface area contributed by atoms with Gasteiger partial charge in [-0.3, -0.25) is 4.79 Å². The lowest BCUT2D eigenvalue weighted by molar-refractivity contribution is -0.142. The van der Waals surface area contributed by atoms with Crippen molar-refractivity contribution in [1.82, 2.24) is 0 Å². The van der Waals surface area contributed by atoms with Crippen LogP contribution in [0.15, 0.2) is 23.8 Å². The molecule has 2 aliphatic carbocycles. The van der Waals surface area contributed by atoms with Gasteiger partial charge in [-0.25, -0.2) is 0 Å². The summed E-state index contributed by atoms with van der Waals surface area (Å²) in [5, 5.41) is 18.0. The molecule has 0 aliphatic heterocycles. The summed E-state index contributed by atoms with van der Waals surface area (Å²) >= 11 is 0. The first kappa shape index (κ1) is 17.9. The quantitative estimate of drug-likeness (QED) is 0.731. The van der Waals surface area contributed by atoms with Crippen molar-refractivity contribution < 1.29 is 15.0 Å². The van der Waals surface area contributed by atoms with Gasteiger partial charge < -0.3 is 15.9 Å². The molecule has 1 saturated carbocycles. The lowest BCUT2D eigenvalue weighted by Gasteiger charge is -2.36. The molecule has 4 nitrogen and oxygen atoms in total. The number of rotatable bonds is 2. The fraction of sp³-hybridized carbons (Fsp3) is 0.706. The maximum atomic E-state index is 11.1. The highest BCUT2D eigenvalue weighted by Crippen LogP contribution is 2.31. The van der Waals surface area contributed by atoms with Gasteiger partial charge >= 0.3 is 5.97 Å². The summed E-state index contributed by atoms with van der Waals surface area (Å²) in [5.74, 6) is -1.37. The van der Waals surface area contributed by atoms with Crippen molar-refractivity contribution in [2.75, 3.05) is 0 Å². The molecule has 4 N–H and O–H groups in total. The zero-order valence-corrected chi connectivity index (χ0v) is 13.4. The molecule has 2 unspecified atom stereocenters. The van der Waals surface area contributed by atoms with Gasteiger partial charge in [0.05, 0.1) is 17.6 Å². The van der Waals surface area contributed by atoms with Crippen LogP contribution >= 0.6 is 0 Å². The molecule has 2 rings (SSSR count). The molecular weight excluding hydrogens is 266 g/mol. The molecule has 0 bridgehead atoms. The summed E-state index contributed by atoms with van der Waals surface area (Å²) in [7, 11) is 0. The first-order chi connectivity index (χ1) is 9.77. The summed E-state index contributed by atoms with van der Waals surface area (Å²) in [5.41, 5.74) is 6.30. The third kappa shape index (κ3) is 4.97. The van der Waals surface area contributed by atoms with Crippen molar-refractivity contribution in [3.63, 3.8) is 0 Å². The van der Waals surface area contributed by atoms with Crippen LogP contribution in [0.4, 0.5) is 0 Å². The number of hydrogen-bond donors (Lipinski definition) is 3. The van der Waals surface area contributed by atoms with Crippen molar-refractivity contribution in [2.45, 2.75) is 64.5 Å². The fourth-order valence-corrected chi connectivity index (χ4v) is 2.76. The second-order valence-electron chi connectivity index (χ2n) is 6.51. The average Bonchev–Trinajstić information content (AvgIpc) is 2.43. The molecule has 0 saturated heterocycles. The SMILES string of the molecule is CC1=CC(C(=O)O)C(N)(C(C)C)C=C1.OC1CCCCC1. The van der Waals surface area contributed by atoms with Gasteiger partial charge in [0, 0.05) is 0 Å². The summed E-state index contributed by atoms with van der Waals surface area (Å²) in [6.07, 6.45) is 11.3. The standard InChI is InChI=1S/C11H17NO2.C6H12O/c1-7(2)11(12)5-4-8(3)6-9(11)10(13)14;7-6-4-2-1-3-5-6/h4-7,9H,12H2,1-3H3,(H,13,14);6-7H,1-5H2. The normalized spacial score (nSPS) is 29.6. The lowest BCUT2D eigenvalue weighted by Crippen LogP contribution is -2.53. The molecule has 1 fully saturated rings. The number of aliphatic hydroxyl groups is 1. The van der Waals surface area contributed by atoms with Gasteiger partial charge in [-0.15, -0.1) is 0 Å². The molecule has 21 heavy (non-hydrogen) atoms. The number of carboxylic acids is 1. The number of carbonyl (C=O) groups is 1. The predicted octanol–water partition coefficient (Wildman–Crippen LogP) is 2.87. The first-order valence-corrected chi connectivity index (χ1v) is 7.84. The van der Waals surface area contributed by atoms with Gasteiger partial charge in [-0.2, -0.15) is 0 Å². The Hall–Kier alpha value is -1.13. The number of aliphatic hydroxyl groups excluding tert-OH is 1. The molecule has 2 aliphatic rings. The monoisotopic (exact) mass is 295 g/mol. The number of allylic oxidation sites excluding steroid dienone is 2. The van der Waals surface area contributed by atoms with E-state index < -0.39 is 17.4 Å². The van der Waals surface area contributed by atoms with E-state index in [-0.39, 0.29) is 12.0 Å². The molecule has 0 radical (unpaired) electrons. The third-order valence-electron chi connectivity index (χ3n) is 4.44. The van der Waals surface area contributed by atoms with E-state index in [4.69, 9.17) is 15.9 Å². The van der Waals surface area contributed by atoms with Crippen LogP contribution in [0.1, 0.15) is 52.9 Å². The molecule has 0 aromatic heterocycles. The van der Waals surface area contributed by atoms with Crippen LogP contribution in [-0.2, 0) is 4.79 Å². The number of aliphatic carboxylic acids is 1. The number of nitrogens with two attached hydrogens (primary N) is 1.